The second-order valence-corrected chi connectivity index (χ2v) is 5.93. The molecule has 0 atom stereocenters. The van der Waals surface area contributed by atoms with Gasteiger partial charge in [-0.3, -0.25) is 0 Å². The Morgan fingerprint density at radius 3 is 2.90 bits per heavy atom. The molecule has 1 fully saturated rings. The maximum absolute atomic E-state index is 5.20. The topological polar surface area (TPSA) is 44.0 Å². The van der Waals surface area contributed by atoms with E-state index in [2.05, 4.69) is 27.1 Å². The van der Waals surface area contributed by atoms with Gasteiger partial charge in [0, 0.05) is 19.0 Å². The van der Waals surface area contributed by atoms with Gasteiger partial charge >= 0.3 is 0 Å². The van der Waals surface area contributed by atoms with Crippen LogP contribution in [0.2, 0.25) is 0 Å². The molecule has 1 aliphatic rings. The van der Waals surface area contributed by atoms with Crippen LogP contribution in [0.15, 0.2) is 6.07 Å². The molecule has 1 aromatic rings. The van der Waals surface area contributed by atoms with E-state index in [1.807, 2.05) is 6.07 Å². The number of aryl methyl sites for hydroxylation is 1. The fraction of sp³-hybridized carbons (Fsp3) is 0.733. The number of anilines is 1. The molecule has 0 amide bonds. The summed E-state index contributed by atoms with van der Waals surface area (Å²) in [6, 6.07) is 1.91. The Kier molecular flexibility index (Phi) is 6.47. The molecule has 0 saturated carbocycles. The van der Waals surface area contributed by atoms with Crippen molar-refractivity contribution in [3.05, 3.63) is 16.5 Å². The summed E-state index contributed by atoms with van der Waals surface area (Å²) in [6.45, 7) is 6.98. The van der Waals surface area contributed by atoms with Crippen LogP contribution in [0.25, 0.3) is 0 Å². The fourth-order valence-corrected chi connectivity index (χ4v) is 2.88. The number of aromatic nitrogens is 2. The third-order valence-electron chi connectivity index (χ3n) is 3.69. The first-order valence-electron chi connectivity index (χ1n) is 7.84. The summed E-state index contributed by atoms with van der Waals surface area (Å²) in [7, 11) is 0. The zero-order chi connectivity index (χ0) is 14.2. The van der Waals surface area contributed by atoms with E-state index >= 15 is 0 Å². The Bertz CT molecular complexity index is 451. The zero-order valence-electron chi connectivity index (χ0n) is 12.5. The fourth-order valence-electron chi connectivity index (χ4n) is 2.65. The first-order valence-corrected chi connectivity index (χ1v) is 8.25. The van der Waals surface area contributed by atoms with Crippen molar-refractivity contribution in [1.29, 1.82) is 0 Å². The molecular weight excluding hydrogens is 268 g/mol. The van der Waals surface area contributed by atoms with Crippen molar-refractivity contribution in [2.75, 3.05) is 31.5 Å². The van der Waals surface area contributed by atoms with Crippen LogP contribution in [-0.4, -0.2) is 41.0 Å². The number of hydrogen-bond donors (Lipinski definition) is 2. The van der Waals surface area contributed by atoms with E-state index < -0.39 is 0 Å². The minimum Gasteiger partial charge on any atom is -0.372 e. The molecule has 2 N–H and O–H groups in total. The Labute approximate surface area is 127 Å². The average molecular weight is 294 g/mol. The second kappa shape index (κ2) is 8.37. The predicted molar refractivity (Wildman–Crippen MR) is 86.8 cm³/mol. The van der Waals surface area contributed by atoms with Crippen molar-refractivity contribution in [3.63, 3.8) is 0 Å². The molecule has 0 aliphatic carbocycles. The summed E-state index contributed by atoms with van der Waals surface area (Å²) in [4.78, 5) is 10.2. The summed E-state index contributed by atoms with van der Waals surface area (Å²) in [6.07, 6.45) is 7.26. The van der Waals surface area contributed by atoms with Crippen LogP contribution in [0.1, 0.15) is 44.9 Å². The third kappa shape index (κ3) is 5.21. The van der Waals surface area contributed by atoms with Crippen molar-refractivity contribution >= 4 is 18.0 Å². The molecule has 0 radical (unpaired) electrons. The Hall–Kier alpha value is -0.940. The second-order valence-electron chi connectivity index (χ2n) is 5.51. The van der Waals surface area contributed by atoms with Crippen LogP contribution >= 0.6 is 12.2 Å². The number of hydrogen-bond acceptors (Lipinski definition) is 4. The summed E-state index contributed by atoms with van der Waals surface area (Å²) in [5.41, 5.74) is 0. The highest BCUT2D eigenvalue weighted by molar-refractivity contribution is 7.71. The maximum Gasteiger partial charge on any atom is 0.131 e. The molecule has 112 valence electrons. The Morgan fingerprint density at radius 1 is 1.35 bits per heavy atom. The minimum atomic E-state index is 0.673. The Morgan fingerprint density at radius 2 is 2.15 bits per heavy atom. The lowest BCUT2D eigenvalue weighted by atomic mass is 10.3. The summed E-state index contributed by atoms with van der Waals surface area (Å²) < 4.78 is 0.673. The maximum atomic E-state index is 5.20. The molecule has 0 unspecified atom stereocenters. The number of rotatable bonds is 8. The monoisotopic (exact) mass is 294 g/mol. The van der Waals surface area contributed by atoms with E-state index in [-0.39, 0.29) is 0 Å². The summed E-state index contributed by atoms with van der Waals surface area (Å²) >= 11 is 5.20. The average Bonchev–Trinajstić information content (AvgIpc) is 2.91. The van der Waals surface area contributed by atoms with E-state index in [4.69, 9.17) is 12.2 Å². The van der Waals surface area contributed by atoms with Crippen LogP contribution in [0.3, 0.4) is 0 Å². The summed E-state index contributed by atoms with van der Waals surface area (Å²) in [5.74, 6) is 1.99. The molecule has 1 aromatic heterocycles. The van der Waals surface area contributed by atoms with Gasteiger partial charge in [0.2, 0.25) is 0 Å². The lowest BCUT2D eigenvalue weighted by Gasteiger charge is -2.14. The molecule has 20 heavy (non-hydrogen) atoms. The molecule has 0 spiro atoms. The molecule has 0 bridgehead atoms. The largest absolute Gasteiger partial charge is 0.372 e. The first-order chi connectivity index (χ1) is 9.78. The number of aromatic amines is 1. The molecular formula is C15H26N4S. The highest BCUT2D eigenvalue weighted by Crippen LogP contribution is 2.09. The molecule has 1 aliphatic heterocycles. The number of unbranched alkanes of at least 4 members (excludes halogenated alkanes) is 1. The van der Waals surface area contributed by atoms with Crippen LogP contribution in [0.4, 0.5) is 5.82 Å². The molecule has 5 heteroatoms. The van der Waals surface area contributed by atoms with Gasteiger partial charge < -0.3 is 15.2 Å². The van der Waals surface area contributed by atoms with E-state index in [0.29, 0.717) is 4.64 Å². The quantitative estimate of drug-likeness (QED) is 0.570. The van der Waals surface area contributed by atoms with Gasteiger partial charge in [0.15, 0.2) is 0 Å². The van der Waals surface area contributed by atoms with E-state index in [1.165, 1.54) is 45.3 Å². The first kappa shape index (κ1) is 15.4. The van der Waals surface area contributed by atoms with Crippen molar-refractivity contribution in [2.45, 2.75) is 45.4 Å². The molecule has 4 nitrogen and oxygen atoms in total. The van der Waals surface area contributed by atoms with Gasteiger partial charge in [-0.2, -0.15) is 0 Å². The number of likely N-dealkylation sites (tertiary alicyclic amines) is 1. The highest BCUT2D eigenvalue weighted by Gasteiger charge is 2.09. The van der Waals surface area contributed by atoms with E-state index in [1.54, 1.807) is 0 Å². The zero-order valence-corrected chi connectivity index (χ0v) is 13.3. The van der Waals surface area contributed by atoms with Crippen molar-refractivity contribution in [1.82, 2.24) is 14.9 Å². The highest BCUT2D eigenvalue weighted by atomic mass is 32.1. The Balaban J connectivity index is 1.69. The lowest BCUT2D eigenvalue weighted by Crippen LogP contribution is -2.21. The van der Waals surface area contributed by atoms with Crippen molar-refractivity contribution in [3.8, 4) is 0 Å². The summed E-state index contributed by atoms with van der Waals surface area (Å²) in [5, 5.41) is 3.43. The van der Waals surface area contributed by atoms with Crippen LogP contribution in [0, 0.1) is 4.64 Å². The van der Waals surface area contributed by atoms with Gasteiger partial charge in [0.05, 0.1) is 0 Å². The van der Waals surface area contributed by atoms with Gasteiger partial charge in [0.25, 0.3) is 0 Å². The SMILES string of the molecule is CCCc1nc(=S)cc(NCCCCN2CCCC2)[nH]1. The van der Waals surface area contributed by atoms with Crippen LogP contribution < -0.4 is 5.32 Å². The van der Waals surface area contributed by atoms with E-state index in [9.17, 15) is 0 Å². The number of nitrogens with one attached hydrogen (secondary N) is 2. The van der Waals surface area contributed by atoms with Gasteiger partial charge in [0.1, 0.15) is 16.3 Å². The number of H-pyrrole nitrogens is 1. The number of nitrogens with zero attached hydrogens (tertiary/aromatic N) is 2. The van der Waals surface area contributed by atoms with Gasteiger partial charge in [-0.05, 0) is 51.7 Å². The van der Waals surface area contributed by atoms with Gasteiger partial charge in [-0.15, -0.1) is 0 Å². The van der Waals surface area contributed by atoms with Crippen LogP contribution in [0.5, 0.6) is 0 Å². The molecule has 2 heterocycles. The van der Waals surface area contributed by atoms with E-state index in [0.717, 1.165) is 31.0 Å². The molecule has 0 aromatic carbocycles. The van der Waals surface area contributed by atoms with Crippen LogP contribution in [-0.2, 0) is 6.42 Å². The van der Waals surface area contributed by atoms with Crippen molar-refractivity contribution in [2.24, 2.45) is 0 Å². The van der Waals surface area contributed by atoms with Gasteiger partial charge in [-0.1, -0.05) is 19.1 Å². The minimum absolute atomic E-state index is 0.673. The van der Waals surface area contributed by atoms with Gasteiger partial charge in [-0.25, -0.2) is 4.98 Å². The van der Waals surface area contributed by atoms with Crippen molar-refractivity contribution < 1.29 is 0 Å². The molecule has 2 rings (SSSR count). The smallest absolute Gasteiger partial charge is 0.131 e. The standard InChI is InChI=1S/C15H26N4S/c1-2-7-13-17-14(12-15(20)18-13)16-8-3-4-9-19-10-5-6-11-19/h12H,2-11H2,1H3,(H2,16,17,18,20). The normalized spacial score (nSPS) is 15.7. The lowest BCUT2D eigenvalue weighted by molar-refractivity contribution is 0.331. The predicted octanol–water partition coefficient (Wildman–Crippen LogP) is 3.38. The third-order valence-corrected chi connectivity index (χ3v) is 3.90. The molecule has 1 saturated heterocycles.